The molecule has 0 aliphatic carbocycles. The van der Waals surface area contributed by atoms with Crippen molar-refractivity contribution in [2.24, 2.45) is 0 Å². The topological polar surface area (TPSA) is 6.48 Å². The van der Waals surface area contributed by atoms with Gasteiger partial charge in [-0.05, 0) is 122 Å². The Kier molecular flexibility index (Phi) is 10.3. The molecule has 14 rings (SSSR count). The molecule has 0 amide bonds. The Morgan fingerprint density at radius 3 is 1.44 bits per heavy atom. The van der Waals surface area contributed by atoms with Gasteiger partial charge in [0.2, 0.25) is 0 Å². The van der Waals surface area contributed by atoms with E-state index in [2.05, 4.69) is 277 Å². The maximum absolute atomic E-state index is 2.48. The summed E-state index contributed by atoms with van der Waals surface area (Å²) in [6, 6.07) is 98.1. The summed E-state index contributed by atoms with van der Waals surface area (Å²) in [7, 11) is 0. The van der Waals surface area contributed by atoms with Gasteiger partial charge in [0.05, 0.1) is 26.5 Å². The van der Waals surface area contributed by atoms with E-state index in [0.29, 0.717) is 0 Å². The minimum Gasteiger partial charge on any atom is -0.309 e. The highest BCUT2D eigenvalue weighted by atomic mass is 32.1. The first kappa shape index (κ1) is 42.1. The first-order chi connectivity index (χ1) is 35.7. The zero-order valence-electron chi connectivity index (χ0n) is 39.1. The molecule has 0 N–H and O–H groups in total. The molecule has 14 aromatic rings. The van der Waals surface area contributed by atoms with Crippen LogP contribution in [0.3, 0.4) is 0 Å². The van der Waals surface area contributed by atoms with Gasteiger partial charge >= 0.3 is 0 Å². The highest BCUT2D eigenvalue weighted by molar-refractivity contribution is 7.26. The third-order valence-electron chi connectivity index (χ3n) is 14.2. The van der Waals surface area contributed by atoms with Crippen molar-refractivity contribution in [3.05, 3.63) is 267 Å². The average molecular weight is 953 g/mol. The van der Waals surface area contributed by atoms with Gasteiger partial charge in [0.25, 0.3) is 0 Å². The molecule has 0 bridgehead atoms. The molecule has 0 aliphatic heterocycles. The number of hydrogen-bond acceptors (Lipinski definition) is 4. The van der Waals surface area contributed by atoms with E-state index in [0.717, 1.165) is 45.3 Å². The summed E-state index contributed by atoms with van der Waals surface area (Å²) in [6.45, 7) is 0. The van der Waals surface area contributed by atoms with Crippen LogP contribution >= 0.6 is 22.7 Å². The number of hydrogen-bond donors (Lipinski definition) is 0. The van der Waals surface area contributed by atoms with Crippen LogP contribution in [0.15, 0.2) is 267 Å². The molecular formula is C68H44N2S2. The SMILES string of the molecule is c1cc(-c2ccccc2N(c2ccc(-c3ccc4ccccc4c3)cc2)c2cccc3c2sc2ccccc23)cc(N(c2ccc(-c3cccc4ccccc34)cc2)c2cccc3c2sc2ccccc23)c1. The predicted octanol–water partition coefficient (Wildman–Crippen LogP) is 20.7. The molecule has 0 radical (unpaired) electrons. The third kappa shape index (κ3) is 7.23. The lowest BCUT2D eigenvalue weighted by Crippen LogP contribution is -2.12. The second-order valence-electron chi connectivity index (χ2n) is 18.4. The first-order valence-corrected chi connectivity index (χ1v) is 26.1. The summed E-state index contributed by atoms with van der Waals surface area (Å²) >= 11 is 3.73. The van der Waals surface area contributed by atoms with Gasteiger partial charge in [-0.3, -0.25) is 0 Å². The number of anilines is 6. The molecule has 2 heterocycles. The minimum absolute atomic E-state index is 1.09. The number of nitrogens with zero attached hydrogens (tertiary/aromatic N) is 2. The van der Waals surface area contributed by atoms with Crippen LogP contribution in [0.5, 0.6) is 0 Å². The van der Waals surface area contributed by atoms with E-state index in [9.17, 15) is 0 Å². The average Bonchev–Trinajstić information content (AvgIpc) is 4.03. The lowest BCUT2D eigenvalue weighted by Gasteiger charge is -2.29. The summed E-state index contributed by atoms with van der Waals surface area (Å²) in [6.07, 6.45) is 0. The first-order valence-electron chi connectivity index (χ1n) is 24.5. The van der Waals surface area contributed by atoms with E-state index >= 15 is 0 Å². The van der Waals surface area contributed by atoms with Crippen LogP contribution in [0.2, 0.25) is 0 Å². The van der Waals surface area contributed by atoms with Crippen LogP contribution in [0, 0.1) is 0 Å². The molecule has 0 saturated heterocycles. The Balaban J connectivity index is 0.933. The van der Waals surface area contributed by atoms with Crippen molar-refractivity contribution in [2.75, 3.05) is 9.80 Å². The Bertz CT molecular complexity index is 4350. The van der Waals surface area contributed by atoms with Crippen LogP contribution in [0.1, 0.15) is 0 Å². The number of para-hydroxylation sites is 1. The number of benzene rings is 12. The highest BCUT2D eigenvalue weighted by Crippen LogP contribution is 2.50. The lowest BCUT2D eigenvalue weighted by molar-refractivity contribution is 1.29. The number of rotatable bonds is 9. The van der Waals surface area contributed by atoms with Crippen LogP contribution in [0.25, 0.3) is 95.3 Å². The quantitative estimate of drug-likeness (QED) is 0.142. The number of thiophene rings is 2. The normalized spacial score (nSPS) is 11.6. The highest BCUT2D eigenvalue weighted by Gasteiger charge is 2.23. The zero-order valence-corrected chi connectivity index (χ0v) is 40.7. The standard InChI is InChI=1S/C68H44N2S2/c1-2-17-49-43-50(34-33-45(49)15-1)46-35-39-53(40-36-46)70(64-30-14-27-61-59-24-7-10-32-66(59)72-68(61)64)62-28-8-5-22-57(62)51-19-11-20-54(44-51)69(63-29-13-26-60-58-23-6-9-31-65(58)71-67(60)63)52-41-37-48(38-42-52)56-25-12-18-47-16-3-4-21-55(47)56/h1-44H. The van der Waals surface area contributed by atoms with Crippen LogP contribution < -0.4 is 9.80 Å². The van der Waals surface area contributed by atoms with Gasteiger partial charge in [-0.1, -0.05) is 194 Å². The van der Waals surface area contributed by atoms with Gasteiger partial charge in [0.15, 0.2) is 0 Å². The van der Waals surface area contributed by atoms with Crippen LogP contribution in [0.4, 0.5) is 34.1 Å². The largest absolute Gasteiger partial charge is 0.309 e. The van der Waals surface area contributed by atoms with Crippen molar-refractivity contribution in [2.45, 2.75) is 0 Å². The molecule has 2 aromatic heterocycles. The summed E-state index contributed by atoms with van der Waals surface area (Å²) in [5.74, 6) is 0. The van der Waals surface area contributed by atoms with Crippen molar-refractivity contribution in [1.82, 2.24) is 0 Å². The van der Waals surface area contributed by atoms with E-state index in [1.165, 1.54) is 84.1 Å². The van der Waals surface area contributed by atoms with Gasteiger partial charge in [-0.2, -0.15) is 0 Å². The molecule has 0 atom stereocenters. The predicted molar refractivity (Wildman–Crippen MR) is 313 cm³/mol. The molecule has 338 valence electrons. The molecule has 4 heteroatoms. The minimum atomic E-state index is 1.09. The second kappa shape index (κ2) is 17.6. The summed E-state index contributed by atoms with van der Waals surface area (Å²) in [5.41, 5.74) is 13.8. The Morgan fingerprint density at radius 1 is 0.236 bits per heavy atom. The van der Waals surface area contributed by atoms with E-state index in [1.54, 1.807) is 0 Å². The maximum Gasteiger partial charge on any atom is 0.0640 e. The summed E-state index contributed by atoms with van der Waals surface area (Å²) < 4.78 is 5.09. The molecule has 72 heavy (non-hydrogen) atoms. The Labute approximate surface area is 426 Å². The molecule has 0 saturated carbocycles. The number of fused-ring (bicyclic) bond motifs is 8. The zero-order chi connectivity index (χ0) is 47.5. The van der Waals surface area contributed by atoms with Crippen molar-refractivity contribution in [3.8, 4) is 33.4 Å². The smallest absolute Gasteiger partial charge is 0.0640 e. The fourth-order valence-corrected chi connectivity index (χ4v) is 13.2. The van der Waals surface area contributed by atoms with Gasteiger partial charge in [0.1, 0.15) is 0 Å². The van der Waals surface area contributed by atoms with Crippen molar-refractivity contribution in [1.29, 1.82) is 0 Å². The molecule has 2 nitrogen and oxygen atoms in total. The van der Waals surface area contributed by atoms with Crippen molar-refractivity contribution in [3.63, 3.8) is 0 Å². The van der Waals surface area contributed by atoms with Crippen LogP contribution in [-0.4, -0.2) is 0 Å². The molecule has 0 aliphatic rings. The van der Waals surface area contributed by atoms with Crippen LogP contribution in [-0.2, 0) is 0 Å². The fraction of sp³-hybridized carbons (Fsp3) is 0. The molecular weight excluding hydrogens is 909 g/mol. The Hall–Kier alpha value is -8.80. The van der Waals surface area contributed by atoms with E-state index in [-0.39, 0.29) is 0 Å². The molecule has 0 unspecified atom stereocenters. The lowest BCUT2D eigenvalue weighted by atomic mass is 9.97. The summed E-state index contributed by atoms with van der Waals surface area (Å²) in [5, 5.41) is 10.1. The monoisotopic (exact) mass is 952 g/mol. The van der Waals surface area contributed by atoms with Gasteiger partial charge in [-0.25, -0.2) is 0 Å². The van der Waals surface area contributed by atoms with E-state index in [1.807, 2.05) is 22.7 Å². The van der Waals surface area contributed by atoms with E-state index < -0.39 is 0 Å². The van der Waals surface area contributed by atoms with Gasteiger partial charge < -0.3 is 9.80 Å². The maximum atomic E-state index is 2.48. The van der Waals surface area contributed by atoms with Crippen molar-refractivity contribution < 1.29 is 0 Å². The third-order valence-corrected chi connectivity index (χ3v) is 16.7. The fourth-order valence-electron chi connectivity index (χ4n) is 10.8. The van der Waals surface area contributed by atoms with Crippen molar-refractivity contribution >= 4 is 119 Å². The van der Waals surface area contributed by atoms with Gasteiger partial charge in [0, 0.05) is 53.6 Å². The van der Waals surface area contributed by atoms with E-state index in [4.69, 9.17) is 0 Å². The summed E-state index contributed by atoms with van der Waals surface area (Å²) in [4.78, 5) is 4.93. The molecule has 12 aromatic carbocycles. The molecule has 0 spiro atoms. The Morgan fingerprint density at radius 2 is 0.722 bits per heavy atom. The van der Waals surface area contributed by atoms with Gasteiger partial charge in [-0.15, -0.1) is 22.7 Å². The molecule has 0 fully saturated rings. The second-order valence-corrected chi connectivity index (χ2v) is 20.5.